The van der Waals surface area contributed by atoms with E-state index in [9.17, 15) is 0 Å². The fraction of sp³-hybridized carbons (Fsp3) is 0.696. The van der Waals surface area contributed by atoms with E-state index < -0.39 is 0 Å². The molecule has 140 valence electrons. The highest BCUT2D eigenvalue weighted by atomic mass is 32.1. The molecule has 4 aliphatic carbocycles. The smallest absolute Gasteiger partial charge is 0.0842 e. The van der Waals surface area contributed by atoms with Gasteiger partial charge < -0.3 is 10.6 Å². The van der Waals surface area contributed by atoms with Crippen LogP contribution in [0.5, 0.6) is 0 Å². The number of benzene rings is 1. The monoisotopic (exact) mass is 368 g/mol. The number of nitrogens with two attached hydrogens (primary N) is 1. The van der Waals surface area contributed by atoms with E-state index in [0.29, 0.717) is 16.9 Å². The van der Waals surface area contributed by atoms with Crippen LogP contribution in [0, 0.1) is 16.7 Å². The predicted molar refractivity (Wildman–Crippen MR) is 111 cm³/mol. The Hall–Kier alpha value is -0.930. The Kier molecular flexibility index (Phi) is 3.82. The molecule has 5 aliphatic rings. The van der Waals surface area contributed by atoms with Crippen molar-refractivity contribution in [3.05, 3.63) is 35.9 Å². The molecule has 1 aliphatic heterocycles. The van der Waals surface area contributed by atoms with E-state index in [-0.39, 0.29) is 5.41 Å². The molecule has 5 fully saturated rings. The number of hydrogen-bond donors (Lipinski definition) is 1. The highest BCUT2D eigenvalue weighted by molar-refractivity contribution is 7.80. The highest BCUT2D eigenvalue weighted by Crippen LogP contribution is 2.70. The van der Waals surface area contributed by atoms with Crippen molar-refractivity contribution in [2.75, 3.05) is 13.1 Å². The maximum absolute atomic E-state index is 6.24. The third kappa shape index (κ3) is 2.57. The summed E-state index contributed by atoms with van der Waals surface area (Å²) in [5.74, 6) is 0.849. The second kappa shape index (κ2) is 5.78. The maximum atomic E-state index is 6.24. The Morgan fingerprint density at radius 2 is 1.77 bits per heavy atom. The molecule has 1 aromatic carbocycles. The average molecular weight is 369 g/mol. The Morgan fingerprint density at radius 1 is 1.04 bits per heavy atom. The predicted octanol–water partition coefficient (Wildman–Crippen LogP) is 4.67. The van der Waals surface area contributed by atoms with E-state index in [1.165, 1.54) is 43.5 Å². The molecule has 0 radical (unpaired) electrons. The quantitative estimate of drug-likeness (QED) is 0.770. The van der Waals surface area contributed by atoms with Crippen molar-refractivity contribution in [1.29, 1.82) is 0 Å². The van der Waals surface area contributed by atoms with Gasteiger partial charge >= 0.3 is 0 Å². The number of hydrogen-bond acceptors (Lipinski definition) is 2. The summed E-state index contributed by atoms with van der Waals surface area (Å²) in [7, 11) is 0. The SMILES string of the molecule is C[C@@]12CC3CC(C(=S)N4CCC(N)CC4)(CC(c4ccccc4)(C3)C1)C2. The molecular weight excluding hydrogens is 336 g/mol. The molecule has 1 heterocycles. The number of thiocarbonyl (C=S) groups is 1. The van der Waals surface area contributed by atoms with Crippen molar-refractivity contribution in [3.63, 3.8) is 0 Å². The van der Waals surface area contributed by atoms with Crippen LogP contribution in [0.2, 0.25) is 0 Å². The lowest BCUT2D eigenvalue weighted by Crippen LogP contribution is -2.62. The lowest BCUT2D eigenvalue weighted by molar-refractivity contribution is -0.0900. The Labute approximate surface area is 163 Å². The first-order valence-corrected chi connectivity index (χ1v) is 10.9. The third-order valence-electron chi connectivity index (χ3n) is 8.01. The van der Waals surface area contributed by atoms with Gasteiger partial charge in [0.05, 0.1) is 4.99 Å². The van der Waals surface area contributed by atoms with Gasteiger partial charge in [0.25, 0.3) is 0 Å². The van der Waals surface area contributed by atoms with Crippen LogP contribution >= 0.6 is 12.2 Å². The van der Waals surface area contributed by atoms with Crippen molar-refractivity contribution < 1.29 is 0 Å². The van der Waals surface area contributed by atoms with Crippen LogP contribution in [0.4, 0.5) is 0 Å². The fourth-order valence-electron chi connectivity index (χ4n) is 7.71. The van der Waals surface area contributed by atoms with E-state index in [2.05, 4.69) is 42.2 Å². The van der Waals surface area contributed by atoms with E-state index >= 15 is 0 Å². The topological polar surface area (TPSA) is 29.3 Å². The van der Waals surface area contributed by atoms with E-state index in [1.54, 1.807) is 5.56 Å². The van der Waals surface area contributed by atoms with Gasteiger partial charge in [-0.2, -0.15) is 0 Å². The molecule has 4 saturated carbocycles. The molecular formula is C23H32N2S. The molecule has 3 heteroatoms. The molecule has 0 aromatic heterocycles. The van der Waals surface area contributed by atoms with Crippen molar-refractivity contribution >= 4 is 17.2 Å². The van der Waals surface area contributed by atoms with Gasteiger partial charge in [-0.3, -0.25) is 0 Å². The summed E-state index contributed by atoms with van der Waals surface area (Å²) in [4.78, 5) is 3.83. The average Bonchev–Trinajstić information content (AvgIpc) is 2.60. The number of rotatable bonds is 2. The summed E-state index contributed by atoms with van der Waals surface area (Å²) in [6.45, 7) is 4.70. The molecule has 2 N–H and O–H groups in total. The van der Waals surface area contributed by atoms with Crippen molar-refractivity contribution in [2.24, 2.45) is 22.5 Å². The summed E-state index contributed by atoms with van der Waals surface area (Å²) in [5, 5.41) is 0. The second-order valence-electron chi connectivity index (χ2n) is 10.4. The van der Waals surface area contributed by atoms with Crippen LogP contribution in [0.1, 0.15) is 63.9 Å². The first-order chi connectivity index (χ1) is 12.4. The molecule has 0 spiro atoms. The minimum Gasteiger partial charge on any atom is -0.366 e. The summed E-state index contributed by atoms with van der Waals surface area (Å²) in [5.41, 5.74) is 8.79. The minimum atomic E-state index is 0.251. The second-order valence-corrected chi connectivity index (χ2v) is 10.8. The third-order valence-corrected chi connectivity index (χ3v) is 8.71. The van der Waals surface area contributed by atoms with Gasteiger partial charge in [0.15, 0.2) is 0 Å². The fourth-order valence-corrected chi connectivity index (χ4v) is 8.12. The standard InChI is InChI=1S/C23H32N2S/c1-21-11-17-12-22(14-21,18-5-3-2-4-6-18)16-23(13-17,15-21)20(26)25-9-7-19(24)8-10-25/h2-6,17,19H,7-16,24H2,1H3/t17?,21-,22?,23?/m1/s1. The molecule has 3 unspecified atom stereocenters. The molecule has 4 atom stereocenters. The molecule has 1 saturated heterocycles. The van der Waals surface area contributed by atoms with Gasteiger partial charge in [0.1, 0.15) is 0 Å². The molecule has 6 rings (SSSR count). The Morgan fingerprint density at radius 3 is 2.46 bits per heavy atom. The van der Waals surface area contributed by atoms with Gasteiger partial charge in [-0.1, -0.05) is 49.5 Å². The summed E-state index contributed by atoms with van der Waals surface area (Å²) in [6, 6.07) is 11.8. The Bertz CT molecular complexity index is 710. The van der Waals surface area contributed by atoms with Crippen LogP contribution in [-0.2, 0) is 5.41 Å². The highest BCUT2D eigenvalue weighted by Gasteiger charge is 2.63. The zero-order chi connectivity index (χ0) is 18.0. The largest absolute Gasteiger partial charge is 0.366 e. The van der Waals surface area contributed by atoms with Crippen LogP contribution in [-0.4, -0.2) is 29.0 Å². The molecule has 26 heavy (non-hydrogen) atoms. The number of likely N-dealkylation sites (tertiary alicyclic amines) is 1. The first-order valence-electron chi connectivity index (χ1n) is 10.5. The normalized spacial score (nSPS) is 42.2. The summed E-state index contributed by atoms with van der Waals surface area (Å²) in [6.07, 6.45) is 10.3. The van der Waals surface area contributed by atoms with Gasteiger partial charge in [0.2, 0.25) is 0 Å². The molecule has 0 amide bonds. The Balaban J connectivity index is 1.51. The van der Waals surface area contributed by atoms with E-state index in [4.69, 9.17) is 18.0 Å². The zero-order valence-corrected chi connectivity index (χ0v) is 16.9. The molecule has 1 aromatic rings. The van der Waals surface area contributed by atoms with Gasteiger partial charge in [-0.25, -0.2) is 0 Å². The summed E-state index contributed by atoms with van der Waals surface area (Å²) >= 11 is 6.24. The lowest BCUT2D eigenvalue weighted by Gasteiger charge is -2.67. The lowest BCUT2D eigenvalue weighted by atomic mass is 9.38. The molecule has 4 bridgehead atoms. The number of piperidine rings is 1. The summed E-state index contributed by atoms with van der Waals surface area (Å²) < 4.78 is 0. The first kappa shape index (κ1) is 17.2. The van der Waals surface area contributed by atoms with Crippen molar-refractivity contribution in [1.82, 2.24) is 4.90 Å². The van der Waals surface area contributed by atoms with Crippen LogP contribution in [0.15, 0.2) is 30.3 Å². The van der Waals surface area contributed by atoms with Crippen molar-refractivity contribution in [2.45, 2.75) is 69.7 Å². The van der Waals surface area contributed by atoms with E-state index in [1.807, 2.05) is 0 Å². The van der Waals surface area contributed by atoms with Gasteiger partial charge in [0, 0.05) is 24.5 Å². The van der Waals surface area contributed by atoms with Crippen LogP contribution < -0.4 is 5.73 Å². The maximum Gasteiger partial charge on any atom is 0.0842 e. The van der Waals surface area contributed by atoms with Gasteiger partial charge in [-0.05, 0) is 73.7 Å². The van der Waals surface area contributed by atoms with Crippen molar-refractivity contribution in [3.8, 4) is 0 Å². The van der Waals surface area contributed by atoms with Crippen LogP contribution in [0.25, 0.3) is 0 Å². The number of nitrogens with zero attached hydrogens (tertiary/aromatic N) is 1. The van der Waals surface area contributed by atoms with Crippen LogP contribution in [0.3, 0.4) is 0 Å². The van der Waals surface area contributed by atoms with E-state index in [0.717, 1.165) is 31.8 Å². The molecule has 2 nitrogen and oxygen atoms in total. The minimum absolute atomic E-state index is 0.251. The zero-order valence-electron chi connectivity index (χ0n) is 16.0. The van der Waals surface area contributed by atoms with Gasteiger partial charge in [-0.15, -0.1) is 0 Å².